The summed E-state index contributed by atoms with van der Waals surface area (Å²) in [4.78, 5) is 12.0. The van der Waals surface area contributed by atoms with Crippen LogP contribution in [-0.4, -0.2) is 18.2 Å². The summed E-state index contributed by atoms with van der Waals surface area (Å²) < 4.78 is 4.70. The molecule has 0 aliphatic heterocycles. The molecular weight excluding hydrogens is 351 g/mol. The molecule has 0 atom stereocenters. The van der Waals surface area contributed by atoms with Crippen LogP contribution in [0.25, 0.3) is 0 Å². The number of halogens is 2. The summed E-state index contributed by atoms with van der Waals surface area (Å²) in [6.45, 7) is 0. The Kier molecular flexibility index (Phi) is 5.41. The first-order chi connectivity index (χ1) is 10.0. The van der Waals surface area contributed by atoms with Gasteiger partial charge in [-0.05, 0) is 41.9 Å². The Morgan fingerprint density at radius 3 is 2.62 bits per heavy atom. The van der Waals surface area contributed by atoms with Gasteiger partial charge >= 0.3 is 5.97 Å². The van der Waals surface area contributed by atoms with Crippen LogP contribution in [0.15, 0.2) is 29.6 Å². The van der Waals surface area contributed by atoms with Crippen LogP contribution in [0.4, 0.5) is 11.4 Å². The molecule has 0 saturated heterocycles. The van der Waals surface area contributed by atoms with Gasteiger partial charge < -0.3 is 15.4 Å². The quantitative estimate of drug-likeness (QED) is 0.616. The third-order valence-electron chi connectivity index (χ3n) is 2.46. The first kappa shape index (κ1) is 16.0. The van der Waals surface area contributed by atoms with Gasteiger partial charge in [0.1, 0.15) is 4.88 Å². The molecule has 2 N–H and O–H groups in total. The summed E-state index contributed by atoms with van der Waals surface area (Å²) in [6, 6.07) is 6.77. The number of carbonyl (C=O) groups is 1. The second-order valence-electron chi connectivity index (χ2n) is 3.86. The number of anilines is 2. The number of carbonyl (C=O) groups excluding carboxylic acids is 1. The van der Waals surface area contributed by atoms with E-state index in [-0.39, 0.29) is 0 Å². The molecule has 21 heavy (non-hydrogen) atoms. The summed E-state index contributed by atoms with van der Waals surface area (Å²) in [5, 5.41) is 8.94. The largest absolute Gasteiger partial charge is 0.465 e. The van der Waals surface area contributed by atoms with Gasteiger partial charge in [0.15, 0.2) is 5.11 Å². The third kappa shape index (κ3) is 4.07. The van der Waals surface area contributed by atoms with E-state index in [0.29, 0.717) is 31.4 Å². The zero-order chi connectivity index (χ0) is 15.4. The van der Waals surface area contributed by atoms with E-state index < -0.39 is 5.97 Å². The molecule has 0 bridgehead atoms. The molecule has 2 aromatic rings. The standard InChI is InChI=1S/C13H10Cl2N2O2S2/c1-19-12(18)11-10(4-5-21-11)17-13(20)16-9-3-2-7(14)6-8(9)15/h2-6H,1H3,(H2,16,17,20). The molecule has 8 heteroatoms. The van der Waals surface area contributed by atoms with Crippen molar-refractivity contribution in [2.24, 2.45) is 0 Å². The van der Waals surface area contributed by atoms with Gasteiger partial charge in [-0.2, -0.15) is 0 Å². The summed E-state index contributed by atoms with van der Waals surface area (Å²) in [5.41, 5.74) is 1.20. The van der Waals surface area contributed by atoms with Crippen molar-refractivity contribution in [3.63, 3.8) is 0 Å². The molecule has 110 valence electrons. The minimum Gasteiger partial charge on any atom is -0.465 e. The van der Waals surface area contributed by atoms with E-state index in [9.17, 15) is 4.79 Å². The zero-order valence-corrected chi connectivity index (χ0v) is 13.9. The highest BCUT2D eigenvalue weighted by atomic mass is 35.5. The fourth-order valence-electron chi connectivity index (χ4n) is 1.53. The maximum Gasteiger partial charge on any atom is 0.350 e. The van der Waals surface area contributed by atoms with Crippen molar-refractivity contribution in [1.29, 1.82) is 0 Å². The number of benzene rings is 1. The van der Waals surface area contributed by atoms with Crippen molar-refractivity contribution in [1.82, 2.24) is 0 Å². The van der Waals surface area contributed by atoms with E-state index in [4.69, 9.17) is 40.2 Å². The molecule has 1 aromatic heterocycles. The molecule has 0 spiro atoms. The summed E-state index contributed by atoms with van der Waals surface area (Å²) in [6.07, 6.45) is 0. The predicted octanol–water partition coefficient (Wildman–Crippen LogP) is 4.65. The number of thiophene rings is 1. The number of methoxy groups -OCH3 is 1. The molecule has 0 radical (unpaired) electrons. The van der Waals surface area contributed by atoms with Gasteiger partial charge in [-0.1, -0.05) is 23.2 Å². The lowest BCUT2D eigenvalue weighted by Crippen LogP contribution is -2.20. The second kappa shape index (κ2) is 7.09. The molecule has 1 heterocycles. The first-order valence-electron chi connectivity index (χ1n) is 5.70. The smallest absolute Gasteiger partial charge is 0.350 e. The fourth-order valence-corrected chi connectivity index (χ4v) is 2.97. The number of ether oxygens (including phenoxy) is 1. The van der Waals surface area contributed by atoms with Crippen LogP contribution < -0.4 is 10.6 Å². The molecular formula is C13H10Cl2N2O2S2. The Balaban J connectivity index is 2.09. The van der Waals surface area contributed by atoms with Crippen LogP contribution >= 0.6 is 46.8 Å². The highest BCUT2D eigenvalue weighted by Crippen LogP contribution is 2.26. The minimum absolute atomic E-state index is 0.308. The normalized spacial score (nSPS) is 10.0. The molecule has 1 aromatic carbocycles. The lowest BCUT2D eigenvalue weighted by atomic mass is 10.3. The molecule has 0 unspecified atom stereocenters. The van der Waals surface area contributed by atoms with E-state index in [1.807, 2.05) is 0 Å². The molecule has 2 rings (SSSR count). The number of hydrogen-bond acceptors (Lipinski definition) is 4. The summed E-state index contributed by atoms with van der Waals surface area (Å²) in [7, 11) is 1.33. The Morgan fingerprint density at radius 1 is 1.24 bits per heavy atom. The summed E-state index contributed by atoms with van der Waals surface area (Å²) >= 11 is 18.3. The maximum absolute atomic E-state index is 11.6. The molecule has 4 nitrogen and oxygen atoms in total. The first-order valence-corrected chi connectivity index (χ1v) is 7.74. The number of rotatable bonds is 3. The van der Waals surface area contributed by atoms with Crippen molar-refractivity contribution < 1.29 is 9.53 Å². The van der Waals surface area contributed by atoms with Crippen molar-refractivity contribution in [2.45, 2.75) is 0 Å². The molecule has 0 fully saturated rings. The maximum atomic E-state index is 11.6. The molecule has 0 saturated carbocycles. The average Bonchev–Trinajstić information content (AvgIpc) is 2.89. The Labute approximate surface area is 141 Å². The van der Waals surface area contributed by atoms with Crippen molar-refractivity contribution in [3.05, 3.63) is 44.6 Å². The highest BCUT2D eigenvalue weighted by molar-refractivity contribution is 7.80. The van der Waals surface area contributed by atoms with Crippen LogP contribution in [-0.2, 0) is 4.74 Å². The van der Waals surface area contributed by atoms with Crippen LogP contribution in [0, 0.1) is 0 Å². The Hall–Kier alpha value is -1.34. The van der Waals surface area contributed by atoms with Crippen LogP contribution in [0.1, 0.15) is 9.67 Å². The third-order valence-corrected chi connectivity index (χ3v) is 4.11. The molecule has 0 aliphatic rings. The number of hydrogen-bond donors (Lipinski definition) is 2. The van der Waals surface area contributed by atoms with Gasteiger partial charge in [-0.15, -0.1) is 11.3 Å². The summed E-state index contributed by atoms with van der Waals surface area (Å²) in [5.74, 6) is -0.417. The van der Waals surface area contributed by atoms with Crippen LogP contribution in [0.2, 0.25) is 10.0 Å². The van der Waals surface area contributed by atoms with E-state index in [1.54, 1.807) is 29.6 Å². The highest BCUT2D eigenvalue weighted by Gasteiger charge is 2.14. The molecule has 0 aliphatic carbocycles. The number of thiocarbonyl (C=S) groups is 1. The van der Waals surface area contributed by atoms with Gasteiger partial charge in [0.05, 0.1) is 23.5 Å². The number of nitrogens with one attached hydrogen (secondary N) is 2. The lowest BCUT2D eigenvalue weighted by Gasteiger charge is -2.12. The van der Waals surface area contributed by atoms with Crippen LogP contribution in [0.3, 0.4) is 0 Å². The van der Waals surface area contributed by atoms with Gasteiger partial charge in [0, 0.05) is 5.02 Å². The van der Waals surface area contributed by atoms with E-state index in [0.717, 1.165) is 0 Å². The van der Waals surface area contributed by atoms with Gasteiger partial charge in [-0.3, -0.25) is 0 Å². The van der Waals surface area contributed by atoms with Crippen molar-refractivity contribution >= 4 is 69.2 Å². The van der Waals surface area contributed by atoms with Crippen molar-refractivity contribution in [3.8, 4) is 0 Å². The van der Waals surface area contributed by atoms with Gasteiger partial charge in [0.2, 0.25) is 0 Å². The Bertz CT molecular complexity index is 689. The lowest BCUT2D eigenvalue weighted by molar-refractivity contribution is 0.0607. The average molecular weight is 361 g/mol. The Morgan fingerprint density at radius 2 is 1.95 bits per heavy atom. The minimum atomic E-state index is -0.417. The number of esters is 1. The van der Waals surface area contributed by atoms with E-state index in [2.05, 4.69) is 10.6 Å². The molecule has 0 amide bonds. The van der Waals surface area contributed by atoms with E-state index >= 15 is 0 Å². The van der Waals surface area contributed by atoms with Gasteiger partial charge in [0.25, 0.3) is 0 Å². The fraction of sp³-hybridized carbons (Fsp3) is 0.0769. The SMILES string of the molecule is COC(=O)c1sccc1NC(=S)Nc1ccc(Cl)cc1Cl. The van der Waals surface area contributed by atoms with E-state index in [1.165, 1.54) is 18.4 Å². The monoisotopic (exact) mass is 360 g/mol. The predicted molar refractivity (Wildman–Crippen MR) is 92.0 cm³/mol. The van der Waals surface area contributed by atoms with Gasteiger partial charge in [-0.25, -0.2) is 4.79 Å². The second-order valence-corrected chi connectivity index (χ2v) is 6.03. The topological polar surface area (TPSA) is 50.4 Å². The van der Waals surface area contributed by atoms with Crippen LogP contribution in [0.5, 0.6) is 0 Å². The van der Waals surface area contributed by atoms with Crippen molar-refractivity contribution in [2.75, 3.05) is 17.7 Å². The zero-order valence-electron chi connectivity index (χ0n) is 10.8.